The number of halogens is 1. The summed E-state index contributed by atoms with van der Waals surface area (Å²) in [5.74, 6) is -0.144. The standard InChI is InChI=1S/C17H15ClN2O/c1-12(9-14-3-2-4-16(18)10-14)20-17(21)15-7-5-13(11-19)6-8-15/h2-8,10,12H,9H2,1H3,(H,20,21). The molecule has 4 heteroatoms. The predicted octanol–water partition coefficient (Wildman–Crippen LogP) is 3.57. The van der Waals surface area contributed by atoms with Gasteiger partial charge < -0.3 is 5.32 Å². The Morgan fingerprint density at radius 2 is 2.00 bits per heavy atom. The molecule has 2 rings (SSSR count). The highest BCUT2D eigenvalue weighted by Gasteiger charge is 2.10. The summed E-state index contributed by atoms with van der Waals surface area (Å²) < 4.78 is 0. The number of amides is 1. The van der Waals surface area contributed by atoms with Crippen LogP contribution in [0.25, 0.3) is 0 Å². The van der Waals surface area contributed by atoms with Crippen LogP contribution in [-0.4, -0.2) is 11.9 Å². The van der Waals surface area contributed by atoms with Crippen molar-refractivity contribution >= 4 is 17.5 Å². The van der Waals surface area contributed by atoms with E-state index in [4.69, 9.17) is 16.9 Å². The minimum atomic E-state index is -0.144. The van der Waals surface area contributed by atoms with Crippen LogP contribution in [0.15, 0.2) is 48.5 Å². The third-order valence-electron chi connectivity index (χ3n) is 3.08. The van der Waals surface area contributed by atoms with Crippen molar-refractivity contribution in [3.63, 3.8) is 0 Å². The van der Waals surface area contributed by atoms with E-state index >= 15 is 0 Å². The quantitative estimate of drug-likeness (QED) is 0.938. The van der Waals surface area contributed by atoms with E-state index in [0.717, 1.165) is 5.56 Å². The first kappa shape index (κ1) is 15.1. The molecule has 0 saturated carbocycles. The maximum atomic E-state index is 12.1. The maximum Gasteiger partial charge on any atom is 0.251 e. The number of rotatable bonds is 4. The van der Waals surface area contributed by atoms with Gasteiger partial charge in [0.15, 0.2) is 0 Å². The van der Waals surface area contributed by atoms with Crippen LogP contribution in [-0.2, 0) is 6.42 Å². The summed E-state index contributed by atoms with van der Waals surface area (Å²) in [6.45, 7) is 1.95. The third-order valence-corrected chi connectivity index (χ3v) is 3.32. The predicted molar refractivity (Wildman–Crippen MR) is 83.2 cm³/mol. The second-order valence-corrected chi connectivity index (χ2v) is 5.33. The van der Waals surface area contributed by atoms with Crippen molar-refractivity contribution in [2.24, 2.45) is 0 Å². The number of hydrogen-bond donors (Lipinski definition) is 1. The second-order valence-electron chi connectivity index (χ2n) is 4.90. The van der Waals surface area contributed by atoms with Gasteiger partial charge in [0.2, 0.25) is 0 Å². The topological polar surface area (TPSA) is 52.9 Å². The highest BCUT2D eigenvalue weighted by atomic mass is 35.5. The van der Waals surface area contributed by atoms with Gasteiger partial charge in [-0.25, -0.2) is 0 Å². The Balaban J connectivity index is 1.97. The van der Waals surface area contributed by atoms with Crippen LogP contribution in [0, 0.1) is 11.3 Å². The Morgan fingerprint density at radius 1 is 1.29 bits per heavy atom. The summed E-state index contributed by atoms with van der Waals surface area (Å²) >= 11 is 5.94. The van der Waals surface area contributed by atoms with Gasteiger partial charge in [-0.05, 0) is 55.3 Å². The van der Waals surface area contributed by atoms with E-state index in [1.807, 2.05) is 37.3 Å². The zero-order valence-corrected chi connectivity index (χ0v) is 12.4. The fraction of sp³-hybridized carbons (Fsp3) is 0.176. The van der Waals surface area contributed by atoms with Crippen molar-refractivity contribution in [1.82, 2.24) is 5.32 Å². The highest BCUT2D eigenvalue weighted by molar-refractivity contribution is 6.30. The Kier molecular flexibility index (Phi) is 4.97. The Bertz CT molecular complexity index is 674. The molecule has 0 spiro atoms. The number of hydrogen-bond acceptors (Lipinski definition) is 2. The lowest BCUT2D eigenvalue weighted by Crippen LogP contribution is -2.34. The number of carbonyl (C=O) groups is 1. The molecule has 0 heterocycles. The molecule has 0 fully saturated rings. The van der Waals surface area contributed by atoms with Crippen LogP contribution >= 0.6 is 11.6 Å². The van der Waals surface area contributed by atoms with Crippen LogP contribution in [0.4, 0.5) is 0 Å². The fourth-order valence-corrected chi connectivity index (χ4v) is 2.28. The molecule has 0 bridgehead atoms. The van der Waals surface area contributed by atoms with Crippen molar-refractivity contribution < 1.29 is 4.79 Å². The van der Waals surface area contributed by atoms with E-state index in [-0.39, 0.29) is 11.9 Å². The van der Waals surface area contributed by atoms with Crippen molar-refractivity contribution in [2.75, 3.05) is 0 Å². The van der Waals surface area contributed by atoms with Gasteiger partial charge in [0.1, 0.15) is 0 Å². The lowest BCUT2D eigenvalue weighted by molar-refractivity contribution is 0.0940. The first-order valence-corrected chi connectivity index (χ1v) is 7.02. The first-order valence-electron chi connectivity index (χ1n) is 6.64. The molecule has 2 aromatic carbocycles. The molecule has 0 aromatic heterocycles. The summed E-state index contributed by atoms with van der Waals surface area (Å²) in [6, 6.07) is 16.2. The molecule has 0 aliphatic rings. The lowest BCUT2D eigenvalue weighted by atomic mass is 10.1. The third kappa shape index (κ3) is 4.34. The van der Waals surface area contributed by atoms with E-state index in [1.54, 1.807) is 24.3 Å². The van der Waals surface area contributed by atoms with E-state index in [1.165, 1.54) is 0 Å². The summed E-state index contributed by atoms with van der Waals surface area (Å²) in [5, 5.41) is 12.4. The van der Waals surface area contributed by atoms with Crippen molar-refractivity contribution in [1.29, 1.82) is 5.26 Å². The number of carbonyl (C=O) groups excluding carboxylic acids is 1. The second kappa shape index (κ2) is 6.92. The van der Waals surface area contributed by atoms with E-state index in [0.29, 0.717) is 22.6 Å². The van der Waals surface area contributed by atoms with E-state index < -0.39 is 0 Å². The van der Waals surface area contributed by atoms with Gasteiger partial charge in [0, 0.05) is 16.6 Å². The fourth-order valence-electron chi connectivity index (χ4n) is 2.07. The number of nitriles is 1. The van der Waals surface area contributed by atoms with Crippen molar-refractivity contribution in [2.45, 2.75) is 19.4 Å². The molecule has 1 unspecified atom stereocenters. The Labute approximate surface area is 129 Å². The average molecular weight is 299 g/mol. The van der Waals surface area contributed by atoms with Gasteiger partial charge >= 0.3 is 0 Å². The summed E-state index contributed by atoms with van der Waals surface area (Å²) in [5.41, 5.74) is 2.17. The average Bonchev–Trinajstić information content (AvgIpc) is 2.47. The molecule has 2 aromatic rings. The molecule has 0 aliphatic carbocycles. The molecule has 21 heavy (non-hydrogen) atoms. The molecular formula is C17H15ClN2O. The number of nitrogens with zero attached hydrogens (tertiary/aromatic N) is 1. The molecule has 0 radical (unpaired) electrons. The zero-order valence-electron chi connectivity index (χ0n) is 11.6. The van der Waals surface area contributed by atoms with E-state index in [2.05, 4.69) is 5.32 Å². The monoisotopic (exact) mass is 298 g/mol. The van der Waals surface area contributed by atoms with Crippen molar-refractivity contribution in [3.8, 4) is 6.07 Å². The van der Waals surface area contributed by atoms with Gasteiger partial charge in [0.05, 0.1) is 11.6 Å². The molecule has 106 valence electrons. The molecule has 0 aliphatic heterocycles. The van der Waals surface area contributed by atoms with Gasteiger partial charge in [0.25, 0.3) is 5.91 Å². The largest absolute Gasteiger partial charge is 0.349 e. The normalized spacial score (nSPS) is 11.5. The van der Waals surface area contributed by atoms with Gasteiger partial charge in [-0.15, -0.1) is 0 Å². The molecule has 1 N–H and O–H groups in total. The van der Waals surface area contributed by atoms with Crippen molar-refractivity contribution in [3.05, 3.63) is 70.2 Å². The van der Waals surface area contributed by atoms with Gasteiger partial charge in [-0.1, -0.05) is 23.7 Å². The molecule has 0 saturated heterocycles. The summed E-state index contributed by atoms with van der Waals surface area (Å²) in [7, 11) is 0. The molecule has 1 atom stereocenters. The molecule has 1 amide bonds. The van der Waals surface area contributed by atoms with Crippen LogP contribution < -0.4 is 5.32 Å². The smallest absolute Gasteiger partial charge is 0.251 e. The first-order chi connectivity index (χ1) is 10.1. The Morgan fingerprint density at radius 3 is 2.62 bits per heavy atom. The highest BCUT2D eigenvalue weighted by Crippen LogP contribution is 2.12. The van der Waals surface area contributed by atoms with Crippen LogP contribution in [0.3, 0.4) is 0 Å². The van der Waals surface area contributed by atoms with Crippen LogP contribution in [0.1, 0.15) is 28.4 Å². The molecular weight excluding hydrogens is 284 g/mol. The maximum absolute atomic E-state index is 12.1. The summed E-state index contributed by atoms with van der Waals surface area (Å²) in [6.07, 6.45) is 0.711. The van der Waals surface area contributed by atoms with Crippen LogP contribution in [0.2, 0.25) is 5.02 Å². The van der Waals surface area contributed by atoms with Crippen LogP contribution in [0.5, 0.6) is 0 Å². The van der Waals surface area contributed by atoms with E-state index in [9.17, 15) is 4.79 Å². The summed E-state index contributed by atoms with van der Waals surface area (Å²) in [4.78, 5) is 12.1. The van der Waals surface area contributed by atoms with Gasteiger partial charge in [-0.3, -0.25) is 4.79 Å². The number of nitrogens with one attached hydrogen (secondary N) is 1. The number of benzene rings is 2. The minimum Gasteiger partial charge on any atom is -0.349 e. The SMILES string of the molecule is CC(Cc1cccc(Cl)c1)NC(=O)c1ccc(C#N)cc1. The Hall–Kier alpha value is -2.31. The van der Waals surface area contributed by atoms with Gasteiger partial charge in [-0.2, -0.15) is 5.26 Å². The zero-order chi connectivity index (χ0) is 15.2. The minimum absolute atomic E-state index is 0.00777. The molecule has 3 nitrogen and oxygen atoms in total. The lowest BCUT2D eigenvalue weighted by Gasteiger charge is -2.14.